The van der Waals surface area contributed by atoms with Crippen LogP contribution in [0.15, 0.2) is 40.6 Å². The zero-order valence-electron chi connectivity index (χ0n) is 14.9. The van der Waals surface area contributed by atoms with E-state index in [9.17, 15) is 9.59 Å². The van der Waals surface area contributed by atoms with Gasteiger partial charge in [0.05, 0.1) is 14.2 Å². The summed E-state index contributed by atoms with van der Waals surface area (Å²) in [5.74, 6) is 0.391. The van der Waals surface area contributed by atoms with Gasteiger partial charge in [-0.3, -0.25) is 19.8 Å². The van der Waals surface area contributed by atoms with Crippen LogP contribution in [-0.4, -0.2) is 42.6 Å². The maximum Gasteiger partial charge on any atom is 0.265 e. The molecule has 0 unspecified atom stereocenters. The molecule has 3 rings (SSSR count). The Morgan fingerprint density at radius 3 is 2.63 bits per heavy atom. The van der Waals surface area contributed by atoms with Gasteiger partial charge in [-0.25, -0.2) is 0 Å². The quantitative estimate of drug-likeness (QED) is 0.457. The number of hydrogen-bond donors (Lipinski definition) is 1. The van der Waals surface area contributed by atoms with E-state index in [4.69, 9.17) is 21.7 Å². The van der Waals surface area contributed by atoms with E-state index < -0.39 is 11.8 Å². The van der Waals surface area contributed by atoms with Gasteiger partial charge in [-0.05, 0) is 64.8 Å². The number of carbonyl (C=O) groups excluding carboxylic acids is 2. The van der Waals surface area contributed by atoms with Gasteiger partial charge in [-0.1, -0.05) is 6.07 Å². The second kappa shape index (κ2) is 8.32. The van der Waals surface area contributed by atoms with Crippen molar-refractivity contribution in [1.82, 2.24) is 10.2 Å². The molecule has 1 saturated heterocycles. The number of thiocarbonyl (C=S) groups is 1. The molecule has 6 nitrogen and oxygen atoms in total. The number of hydrogen-bond acceptors (Lipinski definition) is 6. The van der Waals surface area contributed by atoms with Crippen molar-refractivity contribution in [2.24, 2.45) is 0 Å². The van der Waals surface area contributed by atoms with Crippen LogP contribution in [0, 0.1) is 0 Å². The first-order chi connectivity index (χ1) is 13.0. The first kappa shape index (κ1) is 19.1. The Labute approximate surface area is 166 Å². The molecular weight excluding hydrogens is 384 g/mol. The highest BCUT2D eigenvalue weighted by Crippen LogP contribution is 2.28. The van der Waals surface area contributed by atoms with Gasteiger partial charge in [0.25, 0.3) is 11.8 Å². The molecule has 2 aromatic rings. The minimum absolute atomic E-state index is 0.0781. The monoisotopic (exact) mass is 402 g/mol. The van der Waals surface area contributed by atoms with Gasteiger partial charge in [0.2, 0.25) is 0 Å². The Morgan fingerprint density at radius 2 is 1.96 bits per heavy atom. The van der Waals surface area contributed by atoms with Gasteiger partial charge in [0.1, 0.15) is 5.57 Å². The highest BCUT2D eigenvalue weighted by molar-refractivity contribution is 7.80. The molecule has 0 radical (unpaired) electrons. The molecule has 1 fully saturated rings. The Bertz CT molecular complexity index is 906. The molecule has 0 saturated carbocycles. The van der Waals surface area contributed by atoms with Gasteiger partial charge < -0.3 is 9.47 Å². The Balaban J connectivity index is 1.77. The van der Waals surface area contributed by atoms with Crippen LogP contribution in [0.4, 0.5) is 0 Å². The average molecular weight is 402 g/mol. The highest BCUT2D eigenvalue weighted by atomic mass is 32.1. The SMILES string of the molecule is COc1ccc(CCN2C(=O)/C(=C/c3ccsc3)C(=O)NC2=S)cc1OC. The van der Waals surface area contributed by atoms with Crippen LogP contribution in [0.1, 0.15) is 11.1 Å². The lowest BCUT2D eigenvalue weighted by atomic mass is 10.1. The Kier molecular flexibility index (Phi) is 5.88. The van der Waals surface area contributed by atoms with E-state index in [1.54, 1.807) is 20.3 Å². The third-order valence-electron chi connectivity index (χ3n) is 4.11. The van der Waals surface area contributed by atoms with E-state index in [1.165, 1.54) is 16.2 Å². The minimum atomic E-state index is -0.474. The number of methoxy groups -OCH3 is 2. The van der Waals surface area contributed by atoms with Crippen LogP contribution < -0.4 is 14.8 Å². The molecule has 27 heavy (non-hydrogen) atoms. The minimum Gasteiger partial charge on any atom is -0.493 e. The smallest absolute Gasteiger partial charge is 0.265 e. The number of thiophene rings is 1. The molecule has 0 atom stereocenters. The van der Waals surface area contributed by atoms with Crippen molar-refractivity contribution in [2.75, 3.05) is 20.8 Å². The van der Waals surface area contributed by atoms with Crippen molar-refractivity contribution in [3.8, 4) is 11.5 Å². The topological polar surface area (TPSA) is 67.9 Å². The van der Waals surface area contributed by atoms with Gasteiger partial charge in [-0.15, -0.1) is 0 Å². The number of amides is 2. The van der Waals surface area contributed by atoms with E-state index in [-0.39, 0.29) is 10.7 Å². The fourth-order valence-electron chi connectivity index (χ4n) is 2.70. The molecule has 2 amide bonds. The molecule has 0 aliphatic carbocycles. The lowest BCUT2D eigenvalue weighted by Gasteiger charge is -2.29. The van der Waals surface area contributed by atoms with Crippen molar-refractivity contribution in [1.29, 1.82) is 0 Å². The van der Waals surface area contributed by atoms with Crippen LogP contribution in [-0.2, 0) is 16.0 Å². The number of ether oxygens (including phenoxy) is 2. The van der Waals surface area contributed by atoms with Gasteiger partial charge in [0.15, 0.2) is 16.6 Å². The van der Waals surface area contributed by atoms with Crippen molar-refractivity contribution >= 4 is 46.6 Å². The standard InChI is InChI=1S/C19H18N2O4S2/c1-24-15-4-3-12(10-16(15)25-2)5-7-21-18(23)14(17(22)20-19(21)26)9-13-6-8-27-11-13/h3-4,6,8-11H,5,7H2,1-2H3,(H,20,22,26)/b14-9+. The van der Waals surface area contributed by atoms with Crippen LogP contribution in [0.3, 0.4) is 0 Å². The molecule has 1 N–H and O–H groups in total. The van der Waals surface area contributed by atoms with Crippen LogP contribution in [0.5, 0.6) is 11.5 Å². The largest absolute Gasteiger partial charge is 0.493 e. The first-order valence-electron chi connectivity index (χ1n) is 8.15. The zero-order chi connectivity index (χ0) is 19.4. The lowest BCUT2D eigenvalue weighted by Crippen LogP contribution is -2.54. The summed E-state index contributed by atoms with van der Waals surface area (Å²) in [4.78, 5) is 26.4. The molecule has 1 aromatic heterocycles. The maximum absolute atomic E-state index is 12.8. The summed E-state index contributed by atoms with van der Waals surface area (Å²) in [6.07, 6.45) is 2.13. The fourth-order valence-corrected chi connectivity index (χ4v) is 3.58. The Morgan fingerprint density at radius 1 is 1.19 bits per heavy atom. The van der Waals surface area contributed by atoms with Gasteiger partial charge >= 0.3 is 0 Å². The number of nitrogens with zero attached hydrogens (tertiary/aromatic N) is 1. The summed E-state index contributed by atoms with van der Waals surface area (Å²) in [6, 6.07) is 7.42. The second-order valence-electron chi connectivity index (χ2n) is 5.77. The van der Waals surface area contributed by atoms with Gasteiger partial charge in [0, 0.05) is 6.54 Å². The maximum atomic E-state index is 12.8. The van der Waals surface area contributed by atoms with E-state index in [1.807, 2.05) is 35.0 Å². The molecule has 8 heteroatoms. The summed E-state index contributed by atoms with van der Waals surface area (Å²) in [7, 11) is 3.15. The van der Waals surface area contributed by atoms with E-state index >= 15 is 0 Å². The average Bonchev–Trinajstić information content (AvgIpc) is 3.18. The normalized spacial score (nSPS) is 15.9. The molecule has 1 aliphatic rings. The molecule has 140 valence electrons. The molecular formula is C19H18N2O4S2. The summed E-state index contributed by atoms with van der Waals surface area (Å²) in [6.45, 7) is 0.342. The molecule has 1 aromatic carbocycles. The van der Waals surface area contributed by atoms with E-state index in [0.29, 0.717) is 24.5 Å². The molecule has 2 heterocycles. The molecule has 1 aliphatic heterocycles. The Hall–Kier alpha value is -2.71. The number of carbonyl (C=O) groups is 2. The van der Waals surface area contributed by atoms with Crippen molar-refractivity contribution in [2.45, 2.75) is 6.42 Å². The third-order valence-corrected chi connectivity index (χ3v) is 5.14. The number of benzene rings is 1. The van der Waals surface area contributed by atoms with Crippen molar-refractivity contribution in [3.05, 3.63) is 51.7 Å². The summed E-state index contributed by atoms with van der Waals surface area (Å²) < 4.78 is 10.5. The second-order valence-corrected chi connectivity index (χ2v) is 6.94. The lowest BCUT2D eigenvalue weighted by molar-refractivity contribution is -0.128. The third kappa shape index (κ3) is 4.17. The predicted molar refractivity (Wildman–Crippen MR) is 108 cm³/mol. The number of rotatable bonds is 6. The van der Waals surface area contributed by atoms with Gasteiger partial charge in [-0.2, -0.15) is 11.3 Å². The highest BCUT2D eigenvalue weighted by Gasteiger charge is 2.33. The summed E-state index contributed by atoms with van der Waals surface area (Å²) in [5, 5.41) is 6.46. The van der Waals surface area contributed by atoms with Crippen LogP contribution in [0.25, 0.3) is 6.08 Å². The molecule has 0 spiro atoms. The van der Waals surface area contributed by atoms with Crippen molar-refractivity contribution in [3.63, 3.8) is 0 Å². The van der Waals surface area contributed by atoms with Crippen LogP contribution in [0.2, 0.25) is 0 Å². The van der Waals surface area contributed by atoms with E-state index in [2.05, 4.69) is 5.32 Å². The molecule has 0 bridgehead atoms. The van der Waals surface area contributed by atoms with Crippen LogP contribution >= 0.6 is 23.6 Å². The first-order valence-corrected chi connectivity index (χ1v) is 9.50. The zero-order valence-corrected chi connectivity index (χ0v) is 16.5. The fraction of sp³-hybridized carbons (Fsp3) is 0.211. The number of nitrogens with one attached hydrogen (secondary N) is 1. The van der Waals surface area contributed by atoms with E-state index in [0.717, 1.165) is 11.1 Å². The van der Waals surface area contributed by atoms with Crippen molar-refractivity contribution < 1.29 is 19.1 Å². The summed E-state index contributed by atoms with van der Waals surface area (Å²) in [5.41, 5.74) is 1.85. The summed E-state index contributed by atoms with van der Waals surface area (Å²) >= 11 is 6.69. The predicted octanol–water partition coefficient (Wildman–Crippen LogP) is 2.63.